The molecule has 1 N–H and O–H groups in total. The van der Waals surface area contributed by atoms with E-state index in [-0.39, 0.29) is 5.69 Å². The van der Waals surface area contributed by atoms with E-state index in [2.05, 4.69) is 24.6 Å². The number of carboxylic acids is 1. The highest BCUT2D eigenvalue weighted by Crippen LogP contribution is 2.30. The van der Waals surface area contributed by atoms with Gasteiger partial charge in [0.15, 0.2) is 5.69 Å². The van der Waals surface area contributed by atoms with Crippen LogP contribution in [0.4, 0.5) is 5.82 Å². The van der Waals surface area contributed by atoms with Crippen LogP contribution in [0.5, 0.6) is 0 Å². The maximum atomic E-state index is 11.1. The van der Waals surface area contributed by atoms with E-state index in [0.717, 1.165) is 56.4 Å². The minimum atomic E-state index is -0.984. The van der Waals surface area contributed by atoms with Gasteiger partial charge in [0.05, 0.1) is 0 Å². The number of fused-ring (bicyclic) bond motifs is 1. The first-order valence-corrected chi connectivity index (χ1v) is 8.59. The first kappa shape index (κ1) is 15.1. The molecule has 2 aromatic rings. The van der Waals surface area contributed by atoms with Crippen LogP contribution >= 0.6 is 0 Å². The van der Waals surface area contributed by atoms with Crippen LogP contribution in [0.2, 0.25) is 0 Å². The number of rotatable bonds is 3. The van der Waals surface area contributed by atoms with E-state index in [4.69, 9.17) is 5.11 Å². The van der Waals surface area contributed by atoms with Crippen LogP contribution in [0.25, 0.3) is 0 Å². The number of nitrogens with zero attached hydrogens (tertiary/aromatic N) is 5. The van der Waals surface area contributed by atoms with Crippen LogP contribution in [-0.2, 0) is 13.0 Å². The molecule has 2 aliphatic heterocycles. The predicted molar refractivity (Wildman–Crippen MR) is 88.3 cm³/mol. The molecule has 2 aromatic heterocycles. The second-order valence-corrected chi connectivity index (χ2v) is 6.53. The zero-order chi connectivity index (χ0) is 16.5. The number of carbonyl (C=O) groups is 1. The van der Waals surface area contributed by atoms with Crippen molar-refractivity contribution in [2.75, 3.05) is 18.0 Å². The summed E-state index contributed by atoms with van der Waals surface area (Å²) in [6, 6.07) is 5.17. The van der Waals surface area contributed by atoms with Crippen molar-refractivity contribution in [2.24, 2.45) is 0 Å². The van der Waals surface area contributed by atoms with Gasteiger partial charge in [0.2, 0.25) is 0 Å². The molecule has 0 unspecified atom stereocenters. The summed E-state index contributed by atoms with van der Waals surface area (Å²) >= 11 is 0. The van der Waals surface area contributed by atoms with Crippen molar-refractivity contribution in [1.29, 1.82) is 0 Å². The van der Waals surface area contributed by atoms with Gasteiger partial charge >= 0.3 is 5.97 Å². The Hall–Kier alpha value is -2.44. The van der Waals surface area contributed by atoms with Gasteiger partial charge in [-0.1, -0.05) is 6.07 Å². The Morgan fingerprint density at radius 3 is 2.75 bits per heavy atom. The fourth-order valence-corrected chi connectivity index (χ4v) is 3.72. The highest BCUT2D eigenvalue weighted by atomic mass is 16.4. The lowest BCUT2D eigenvalue weighted by atomic mass is 9.95. The first-order chi connectivity index (χ1) is 11.7. The molecule has 0 spiro atoms. The van der Waals surface area contributed by atoms with E-state index in [1.165, 1.54) is 18.9 Å². The van der Waals surface area contributed by atoms with Gasteiger partial charge in [0.1, 0.15) is 17.5 Å². The van der Waals surface area contributed by atoms with Crippen molar-refractivity contribution in [3.8, 4) is 0 Å². The Balaban J connectivity index is 1.46. The molecule has 126 valence electrons. The van der Waals surface area contributed by atoms with Gasteiger partial charge < -0.3 is 14.6 Å². The molecule has 2 aliphatic rings. The molecule has 0 saturated carbocycles. The third-order valence-corrected chi connectivity index (χ3v) is 5.03. The molecule has 0 aromatic carbocycles. The first-order valence-electron chi connectivity index (χ1n) is 8.59. The summed E-state index contributed by atoms with van der Waals surface area (Å²) in [5.41, 5.74) is 0.0983. The molecule has 0 bridgehead atoms. The second-order valence-electron chi connectivity index (χ2n) is 6.53. The van der Waals surface area contributed by atoms with Crippen LogP contribution in [0.3, 0.4) is 0 Å². The molecule has 24 heavy (non-hydrogen) atoms. The molecule has 7 nitrogen and oxygen atoms in total. The van der Waals surface area contributed by atoms with E-state index in [1.807, 2.05) is 6.07 Å². The fraction of sp³-hybridized carbons (Fsp3) is 0.529. The number of aromatic nitrogens is 4. The van der Waals surface area contributed by atoms with Crippen LogP contribution in [0.15, 0.2) is 18.2 Å². The van der Waals surface area contributed by atoms with Crippen LogP contribution in [-0.4, -0.2) is 43.9 Å². The Bertz CT molecular complexity index is 749. The molecule has 0 aliphatic carbocycles. The number of pyridine rings is 1. The van der Waals surface area contributed by atoms with Crippen molar-refractivity contribution in [1.82, 2.24) is 19.7 Å². The average molecular weight is 327 g/mol. The summed E-state index contributed by atoms with van der Waals surface area (Å²) in [7, 11) is 0. The van der Waals surface area contributed by atoms with Crippen molar-refractivity contribution in [3.63, 3.8) is 0 Å². The molecule has 0 radical (unpaired) electrons. The standard InChI is InChI=1S/C17H21N5O2/c23-17(24)13-4-3-6-14(18-13)21-10-7-12(8-11-21)16-20-19-15-5-1-2-9-22(15)16/h3-4,6,12H,1-2,5,7-11H2,(H,23,24). The number of aromatic carboxylic acids is 1. The lowest BCUT2D eigenvalue weighted by Gasteiger charge is -2.32. The zero-order valence-electron chi connectivity index (χ0n) is 13.6. The highest BCUT2D eigenvalue weighted by Gasteiger charge is 2.27. The van der Waals surface area contributed by atoms with Crippen LogP contribution in [0, 0.1) is 0 Å². The number of hydrogen-bond donors (Lipinski definition) is 1. The van der Waals surface area contributed by atoms with E-state index in [0.29, 0.717) is 5.92 Å². The van der Waals surface area contributed by atoms with Crippen molar-refractivity contribution >= 4 is 11.8 Å². The molecule has 0 atom stereocenters. The summed E-state index contributed by atoms with van der Waals surface area (Å²) in [5, 5.41) is 17.9. The summed E-state index contributed by atoms with van der Waals surface area (Å²) in [5.74, 6) is 2.47. The van der Waals surface area contributed by atoms with Crippen LogP contribution in [0.1, 0.15) is 53.7 Å². The summed E-state index contributed by atoms with van der Waals surface area (Å²) < 4.78 is 2.31. The Morgan fingerprint density at radius 1 is 1.12 bits per heavy atom. The summed E-state index contributed by atoms with van der Waals surface area (Å²) in [6.07, 6.45) is 5.46. The van der Waals surface area contributed by atoms with Crippen LogP contribution < -0.4 is 4.90 Å². The van der Waals surface area contributed by atoms with Gasteiger partial charge in [0.25, 0.3) is 0 Å². The number of piperidine rings is 1. The molecule has 1 fully saturated rings. The van der Waals surface area contributed by atoms with E-state index in [1.54, 1.807) is 6.07 Å². The number of carboxylic acid groups (broad SMARTS) is 1. The molecule has 4 rings (SSSR count). The third-order valence-electron chi connectivity index (χ3n) is 5.03. The Kier molecular flexibility index (Phi) is 3.92. The summed E-state index contributed by atoms with van der Waals surface area (Å²) in [6.45, 7) is 2.77. The summed E-state index contributed by atoms with van der Waals surface area (Å²) in [4.78, 5) is 17.5. The molecule has 7 heteroatoms. The minimum Gasteiger partial charge on any atom is -0.477 e. The topological polar surface area (TPSA) is 84.1 Å². The smallest absolute Gasteiger partial charge is 0.354 e. The molecule has 1 saturated heterocycles. The molecular weight excluding hydrogens is 306 g/mol. The lowest BCUT2D eigenvalue weighted by Crippen LogP contribution is -2.34. The normalized spacial score (nSPS) is 18.4. The largest absolute Gasteiger partial charge is 0.477 e. The number of anilines is 1. The van der Waals surface area contributed by atoms with E-state index >= 15 is 0 Å². The minimum absolute atomic E-state index is 0.0983. The molecule has 4 heterocycles. The maximum absolute atomic E-state index is 11.1. The number of hydrogen-bond acceptors (Lipinski definition) is 5. The monoisotopic (exact) mass is 327 g/mol. The zero-order valence-corrected chi connectivity index (χ0v) is 13.6. The van der Waals surface area contributed by atoms with E-state index in [9.17, 15) is 4.79 Å². The van der Waals surface area contributed by atoms with Gasteiger partial charge in [-0.25, -0.2) is 9.78 Å². The predicted octanol–water partition coefficient (Wildman–Crippen LogP) is 2.09. The van der Waals surface area contributed by atoms with Gasteiger partial charge in [-0.3, -0.25) is 0 Å². The third kappa shape index (κ3) is 2.74. The quantitative estimate of drug-likeness (QED) is 0.929. The number of aryl methyl sites for hydroxylation is 1. The van der Waals surface area contributed by atoms with Gasteiger partial charge in [-0.05, 0) is 37.8 Å². The molecular formula is C17H21N5O2. The Morgan fingerprint density at radius 2 is 1.96 bits per heavy atom. The van der Waals surface area contributed by atoms with Gasteiger partial charge in [-0.2, -0.15) is 0 Å². The van der Waals surface area contributed by atoms with Gasteiger partial charge in [-0.15, -0.1) is 10.2 Å². The average Bonchev–Trinajstić information content (AvgIpc) is 3.06. The van der Waals surface area contributed by atoms with Gasteiger partial charge in [0, 0.05) is 32.0 Å². The fourth-order valence-electron chi connectivity index (χ4n) is 3.72. The van der Waals surface area contributed by atoms with E-state index < -0.39 is 5.97 Å². The Labute approximate surface area is 140 Å². The van der Waals surface area contributed by atoms with Crippen molar-refractivity contribution in [3.05, 3.63) is 35.5 Å². The lowest BCUT2D eigenvalue weighted by molar-refractivity contribution is 0.0690. The highest BCUT2D eigenvalue weighted by molar-refractivity contribution is 5.85. The SMILES string of the molecule is O=C(O)c1cccc(N2CCC(c3nnc4n3CCCC4)CC2)n1. The molecule has 0 amide bonds. The van der Waals surface area contributed by atoms with Crippen molar-refractivity contribution < 1.29 is 9.90 Å². The maximum Gasteiger partial charge on any atom is 0.354 e. The van der Waals surface area contributed by atoms with Crippen molar-refractivity contribution in [2.45, 2.75) is 44.6 Å². The second kappa shape index (κ2) is 6.22.